The molecule has 0 amide bonds. The number of fused-ring (bicyclic) bond motifs is 1. The van der Waals surface area contributed by atoms with E-state index >= 15 is 0 Å². The van der Waals surface area contributed by atoms with E-state index in [1.54, 1.807) is 0 Å². The second kappa shape index (κ2) is 4.86. The van der Waals surface area contributed by atoms with Crippen LogP contribution in [0, 0.1) is 13.8 Å². The van der Waals surface area contributed by atoms with Gasteiger partial charge >= 0.3 is 5.97 Å². The van der Waals surface area contributed by atoms with Gasteiger partial charge in [-0.05, 0) is 31.0 Å². The van der Waals surface area contributed by atoms with Crippen molar-refractivity contribution in [3.05, 3.63) is 22.8 Å². The summed E-state index contributed by atoms with van der Waals surface area (Å²) in [5.74, 6) is 0.305. The summed E-state index contributed by atoms with van der Waals surface area (Å²) in [4.78, 5) is 10.9. The van der Waals surface area contributed by atoms with Crippen molar-refractivity contribution < 1.29 is 19.4 Å². The van der Waals surface area contributed by atoms with Crippen LogP contribution in [-0.2, 0) is 11.2 Å². The predicted molar refractivity (Wildman–Crippen MR) is 66.2 cm³/mol. The van der Waals surface area contributed by atoms with E-state index in [9.17, 15) is 4.79 Å². The van der Waals surface area contributed by atoms with Gasteiger partial charge < -0.3 is 20.3 Å². The molecule has 18 heavy (non-hydrogen) atoms. The highest BCUT2D eigenvalue weighted by molar-refractivity contribution is 5.74. The number of carboxylic acids is 1. The van der Waals surface area contributed by atoms with Crippen molar-refractivity contribution in [2.75, 3.05) is 13.2 Å². The van der Waals surface area contributed by atoms with E-state index in [0.717, 1.165) is 16.7 Å². The van der Waals surface area contributed by atoms with Crippen LogP contribution in [0.4, 0.5) is 0 Å². The molecule has 1 unspecified atom stereocenters. The molecule has 1 aromatic carbocycles. The third-order valence-electron chi connectivity index (χ3n) is 3.22. The largest absolute Gasteiger partial charge is 0.486 e. The zero-order valence-electron chi connectivity index (χ0n) is 10.5. The molecule has 98 valence electrons. The Bertz CT molecular complexity index is 484. The van der Waals surface area contributed by atoms with E-state index in [2.05, 4.69) is 0 Å². The Morgan fingerprint density at radius 2 is 2.11 bits per heavy atom. The van der Waals surface area contributed by atoms with Crippen molar-refractivity contribution in [2.24, 2.45) is 5.73 Å². The van der Waals surface area contributed by atoms with E-state index in [4.69, 9.17) is 20.3 Å². The van der Waals surface area contributed by atoms with Crippen molar-refractivity contribution in [1.29, 1.82) is 0 Å². The van der Waals surface area contributed by atoms with Gasteiger partial charge in [0.15, 0.2) is 11.5 Å². The van der Waals surface area contributed by atoms with Gasteiger partial charge in [0.1, 0.15) is 19.3 Å². The third-order valence-corrected chi connectivity index (χ3v) is 3.22. The van der Waals surface area contributed by atoms with Gasteiger partial charge in [-0.2, -0.15) is 0 Å². The van der Waals surface area contributed by atoms with E-state index in [1.165, 1.54) is 0 Å². The zero-order chi connectivity index (χ0) is 13.3. The van der Waals surface area contributed by atoms with E-state index in [0.29, 0.717) is 24.7 Å². The van der Waals surface area contributed by atoms with Crippen molar-refractivity contribution in [3.8, 4) is 11.5 Å². The van der Waals surface area contributed by atoms with Crippen LogP contribution in [0.2, 0.25) is 0 Å². The minimum absolute atomic E-state index is 0.245. The van der Waals surface area contributed by atoms with Crippen LogP contribution < -0.4 is 15.2 Å². The summed E-state index contributed by atoms with van der Waals surface area (Å²) in [5.41, 5.74) is 8.50. The molecular weight excluding hydrogens is 234 g/mol. The monoisotopic (exact) mass is 251 g/mol. The second-order valence-corrected chi connectivity index (χ2v) is 4.47. The Labute approximate surface area is 106 Å². The lowest BCUT2D eigenvalue weighted by atomic mass is 9.96. The Hall–Kier alpha value is -1.75. The Balaban J connectivity index is 2.43. The van der Waals surface area contributed by atoms with Crippen LogP contribution >= 0.6 is 0 Å². The first-order valence-corrected chi connectivity index (χ1v) is 5.87. The van der Waals surface area contributed by atoms with Gasteiger partial charge in [0.05, 0.1) is 0 Å². The first kappa shape index (κ1) is 12.7. The third kappa shape index (κ3) is 2.26. The quantitative estimate of drug-likeness (QED) is 0.838. The standard InChI is InChI=1S/C13H17NO4/c1-7-5-11-12(18-4-3-17-11)9(8(7)2)6-10(14)13(15)16/h5,10H,3-4,6,14H2,1-2H3,(H,15,16). The normalized spacial score (nSPS) is 15.3. The van der Waals surface area contributed by atoms with Crippen molar-refractivity contribution in [3.63, 3.8) is 0 Å². The lowest BCUT2D eigenvalue weighted by molar-refractivity contribution is -0.138. The van der Waals surface area contributed by atoms with Crippen LogP contribution in [0.3, 0.4) is 0 Å². The smallest absolute Gasteiger partial charge is 0.320 e. The van der Waals surface area contributed by atoms with Crippen LogP contribution in [0.25, 0.3) is 0 Å². The highest BCUT2D eigenvalue weighted by atomic mass is 16.6. The number of aliphatic carboxylic acids is 1. The highest BCUT2D eigenvalue weighted by Crippen LogP contribution is 2.38. The molecular formula is C13H17NO4. The SMILES string of the molecule is Cc1cc2c(c(CC(N)C(=O)O)c1C)OCCO2. The van der Waals surface area contributed by atoms with Gasteiger partial charge in [0, 0.05) is 12.0 Å². The fraction of sp³-hybridized carbons (Fsp3) is 0.462. The maximum atomic E-state index is 10.9. The van der Waals surface area contributed by atoms with Crippen molar-refractivity contribution in [2.45, 2.75) is 26.3 Å². The summed E-state index contributed by atoms with van der Waals surface area (Å²) in [7, 11) is 0. The second-order valence-electron chi connectivity index (χ2n) is 4.47. The molecule has 5 nitrogen and oxygen atoms in total. The van der Waals surface area contributed by atoms with Crippen LogP contribution in [-0.4, -0.2) is 30.3 Å². The fourth-order valence-electron chi connectivity index (χ4n) is 2.04. The molecule has 0 spiro atoms. The number of rotatable bonds is 3. The predicted octanol–water partition coefficient (Wildman–Crippen LogP) is 1.03. The summed E-state index contributed by atoms with van der Waals surface area (Å²) in [6, 6.07) is 0.986. The van der Waals surface area contributed by atoms with Crippen molar-refractivity contribution in [1.82, 2.24) is 0 Å². The summed E-state index contributed by atoms with van der Waals surface area (Å²) in [6.45, 7) is 4.89. The molecule has 0 fully saturated rings. The summed E-state index contributed by atoms with van der Waals surface area (Å²) < 4.78 is 11.1. The molecule has 1 aliphatic heterocycles. The van der Waals surface area contributed by atoms with Crippen LogP contribution in [0.15, 0.2) is 6.07 Å². The molecule has 0 aliphatic carbocycles. The molecule has 0 saturated carbocycles. The zero-order valence-corrected chi connectivity index (χ0v) is 10.5. The molecule has 1 atom stereocenters. The number of carbonyl (C=O) groups is 1. The molecule has 1 aliphatic rings. The van der Waals surface area contributed by atoms with Crippen molar-refractivity contribution >= 4 is 5.97 Å². The molecule has 1 heterocycles. The van der Waals surface area contributed by atoms with E-state index in [1.807, 2.05) is 19.9 Å². The molecule has 2 rings (SSSR count). The first-order chi connectivity index (χ1) is 8.50. The van der Waals surface area contributed by atoms with Gasteiger partial charge in [-0.15, -0.1) is 0 Å². The number of benzene rings is 1. The maximum absolute atomic E-state index is 10.9. The Morgan fingerprint density at radius 1 is 1.44 bits per heavy atom. The average molecular weight is 251 g/mol. The summed E-state index contributed by atoms with van der Waals surface area (Å²) in [5, 5.41) is 8.91. The van der Waals surface area contributed by atoms with Gasteiger partial charge in [0.2, 0.25) is 0 Å². The highest BCUT2D eigenvalue weighted by Gasteiger charge is 2.23. The Kier molecular flexibility index (Phi) is 3.43. The number of aryl methyl sites for hydroxylation is 1. The van der Waals surface area contributed by atoms with Gasteiger partial charge in [-0.25, -0.2) is 0 Å². The van der Waals surface area contributed by atoms with E-state index in [-0.39, 0.29) is 6.42 Å². The number of ether oxygens (including phenoxy) is 2. The van der Waals surface area contributed by atoms with Crippen LogP contribution in [0.5, 0.6) is 11.5 Å². The number of hydrogen-bond acceptors (Lipinski definition) is 4. The topological polar surface area (TPSA) is 81.8 Å². The summed E-state index contributed by atoms with van der Waals surface area (Å²) >= 11 is 0. The minimum atomic E-state index is -1.01. The minimum Gasteiger partial charge on any atom is -0.486 e. The van der Waals surface area contributed by atoms with Gasteiger partial charge in [0.25, 0.3) is 0 Å². The lowest BCUT2D eigenvalue weighted by Gasteiger charge is -2.24. The molecule has 5 heteroatoms. The number of carboxylic acid groups (broad SMARTS) is 1. The lowest BCUT2D eigenvalue weighted by Crippen LogP contribution is -2.33. The molecule has 0 bridgehead atoms. The molecule has 0 aromatic heterocycles. The molecule has 3 N–H and O–H groups in total. The Morgan fingerprint density at radius 3 is 2.78 bits per heavy atom. The van der Waals surface area contributed by atoms with E-state index < -0.39 is 12.0 Å². The first-order valence-electron chi connectivity index (χ1n) is 5.87. The molecule has 0 radical (unpaired) electrons. The number of hydrogen-bond donors (Lipinski definition) is 2. The van der Waals surface area contributed by atoms with Crippen LogP contribution in [0.1, 0.15) is 16.7 Å². The summed E-state index contributed by atoms with van der Waals surface area (Å²) in [6.07, 6.45) is 0.245. The maximum Gasteiger partial charge on any atom is 0.320 e. The molecule has 0 saturated heterocycles. The number of nitrogens with two attached hydrogens (primary N) is 1. The van der Waals surface area contributed by atoms with Gasteiger partial charge in [-0.3, -0.25) is 4.79 Å². The fourth-order valence-corrected chi connectivity index (χ4v) is 2.04. The van der Waals surface area contributed by atoms with Gasteiger partial charge in [-0.1, -0.05) is 0 Å². The molecule has 1 aromatic rings. The average Bonchev–Trinajstić information content (AvgIpc) is 2.34.